The van der Waals surface area contributed by atoms with Crippen molar-refractivity contribution in [2.24, 2.45) is 0 Å². The minimum atomic E-state index is -0.627. The molecule has 4 heterocycles. The number of fused-ring (bicyclic) bond motifs is 1. The van der Waals surface area contributed by atoms with Gasteiger partial charge in [-0.05, 0) is 12.1 Å². The normalized spacial score (nSPS) is 16.9. The minimum absolute atomic E-state index is 0.269. The predicted molar refractivity (Wildman–Crippen MR) is 117 cm³/mol. The maximum absolute atomic E-state index is 12.0. The summed E-state index contributed by atoms with van der Waals surface area (Å²) in [6.07, 6.45) is -0.627. The molecule has 3 aromatic rings. The molecule has 12 nitrogen and oxygen atoms in total. The van der Waals surface area contributed by atoms with E-state index in [1.54, 1.807) is 4.57 Å². The maximum atomic E-state index is 12.0. The van der Waals surface area contributed by atoms with Gasteiger partial charge in [0.05, 0.1) is 44.6 Å². The molecule has 168 valence electrons. The summed E-state index contributed by atoms with van der Waals surface area (Å²) in [6, 6.07) is 7.54. The third-order valence-electron chi connectivity index (χ3n) is 5.35. The Morgan fingerprint density at radius 2 is 1.44 bits per heavy atom. The molecule has 5 rings (SSSR count). The summed E-state index contributed by atoms with van der Waals surface area (Å²) in [7, 11) is 1.30. The highest BCUT2D eigenvalue weighted by Gasteiger charge is 2.24. The number of rotatable bonds is 4. The van der Waals surface area contributed by atoms with Crippen LogP contribution in [0.1, 0.15) is 0 Å². The van der Waals surface area contributed by atoms with Crippen LogP contribution in [0.15, 0.2) is 24.3 Å². The molecule has 32 heavy (non-hydrogen) atoms. The molecule has 12 heteroatoms. The fourth-order valence-electron chi connectivity index (χ4n) is 3.71. The van der Waals surface area contributed by atoms with Crippen LogP contribution in [0.5, 0.6) is 0 Å². The zero-order valence-corrected chi connectivity index (χ0v) is 17.7. The highest BCUT2D eigenvalue weighted by molar-refractivity contribution is 5.88. The summed E-state index contributed by atoms with van der Waals surface area (Å²) in [5.41, 5.74) is 1.45. The first-order valence-electron chi connectivity index (χ1n) is 10.5. The van der Waals surface area contributed by atoms with E-state index in [0.29, 0.717) is 76.0 Å². The Morgan fingerprint density at radius 3 is 2.03 bits per heavy atom. The summed E-state index contributed by atoms with van der Waals surface area (Å²) in [5, 5.41) is 2.67. The van der Waals surface area contributed by atoms with Crippen LogP contribution < -0.4 is 15.1 Å². The van der Waals surface area contributed by atoms with Gasteiger partial charge in [0.2, 0.25) is 23.8 Å². The predicted octanol–water partition coefficient (Wildman–Crippen LogP) is 1.06. The van der Waals surface area contributed by atoms with E-state index in [0.717, 1.165) is 5.52 Å². The second-order valence-electron chi connectivity index (χ2n) is 7.31. The van der Waals surface area contributed by atoms with E-state index in [1.165, 1.54) is 7.11 Å². The number of hydrogen-bond donors (Lipinski definition) is 1. The van der Waals surface area contributed by atoms with Crippen LogP contribution in [0.4, 0.5) is 22.6 Å². The van der Waals surface area contributed by atoms with E-state index in [-0.39, 0.29) is 5.95 Å². The molecule has 0 bridgehead atoms. The van der Waals surface area contributed by atoms with Crippen molar-refractivity contribution in [2.45, 2.75) is 0 Å². The Hall–Kier alpha value is -3.51. The molecule has 0 aliphatic carbocycles. The van der Waals surface area contributed by atoms with E-state index in [4.69, 9.17) is 29.2 Å². The lowest BCUT2D eigenvalue weighted by atomic mass is 10.3. The average molecular weight is 440 g/mol. The molecule has 2 aliphatic heterocycles. The first-order valence-corrected chi connectivity index (χ1v) is 10.5. The summed E-state index contributed by atoms with van der Waals surface area (Å²) in [6.45, 7) is 5.17. The Labute approximate surface area is 184 Å². The number of carbonyl (C=O) groups is 1. The van der Waals surface area contributed by atoms with Crippen molar-refractivity contribution in [1.82, 2.24) is 24.5 Å². The van der Waals surface area contributed by atoms with Crippen molar-refractivity contribution < 1.29 is 19.0 Å². The van der Waals surface area contributed by atoms with E-state index < -0.39 is 6.09 Å². The number of imidazole rings is 1. The number of carbonyl (C=O) groups excluding carboxylic acids is 1. The molecule has 2 aromatic heterocycles. The van der Waals surface area contributed by atoms with E-state index in [2.05, 4.69) is 20.1 Å². The highest BCUT2D eigenvalue weighted by atomic mass is 16.5. The molecule has 0 spiro atoms. The lowest BCUT2D eigenvalue weighted by molar-refractivity contribution is 0.121. The van der Waals surface area contributed by atoms with E-state index in [9.17, 15) is 4.79 Å². The van der Waals surface area contributed by atoms with Crippen molar-refractivity contribution in [3.05, 3.63) is 24.3 Å². The Bertz CT molecular complexity index is 1070. The molecule has 1 amide bonds. The number of anilines is 3. The SMILES string of the molecule is COC(=O)Nc1nc2ccccc2n1-c1nc(N2CCOCC2)nc(N2CCOCC2)n1. The molecule has 0 atom stereocenters. The average Bonchev–Trinajstić information content (AvgIpc) is 3.22. The molecule has 0 saturated carbocycles. The first-order chi connectivity index (χ1) is 15.7. The number of nitrogens with zero attached hydrogens (tertiary/aromatic N) is 7. The summed E-state index contributed by atoms with van der Waals surface area (Å²) in [4.78, 5) is 34.9. The van der Waals surface area contributed by atoms with Gasteiger partial charge in [-0.3, -0.25) is 5.32 Å². The number of para-hydroxylation sites is 2. The van der Waals surface area contributed by atoms with Gasteiger partial charge in [-0.2, -0.15) is 15.0 Å². The van der Waals surface area contributed by atoms with Gasteiger partial charge in [-0.15, -0.1) is 0 Å². The van der Waals surface area contributed by atoms with Gasteiger partial charge in [-0.25, -0.2) is 14.3 Å². The fourth-order valence-corrected chi connectivity index (χ4v) is 3.71. The fraction of sp³-hybridized carbons (Fsp3) is 0.450. The second-order valence-corrected chi connectivity index (χ2v) is 7.31. The number of hydrogen-bond acceptors (Lipinski definition) is 10. The van der Waals surface area contributed by atoms with Crippen LogP contribution in [0, 0.1) is 0 Å². The van der Waals surface area contributed by atoms with Gasteiger partial charge < -0.3 is 24.0 Å². The maximum Gasteiger partial charge on any atom is 0.413 e. The second kappa shape index (κ2) is 8.93. The molecule has 2 fully saturated rings. The Kier molecular flexibility index (Phi) is 5.69. The quantitative estimate of drug-likeness (QED) is 0.631. The topological polar surface area (TPSA) is 120 Å². The van der Waals surface area contributed by atoms with Crippen LogP contribution in [0.3, 0.4) is 0 Å². The lowest BCUT2D eigenvalue weighted by Crippen LogP contribution is -2.40. The van der Waals surface area contributed by atoms with E-state index >= 15 is 0 Å². The first kappa shape index (κ1) is 20.4. The van der Waals surface area contributed by atoms with Crippen molar-refractivity contribution in [2.75, 3.05) is 74.8 Å². The number of amides is 1. The van der Waals surface area contributed by atoms with Crippen LogP contribution >= 0.6 is 0 Å². The van der Waals surface area contributed by atoms with Crippen molar-refractivity contribution in [3.8, 4) is 5.95 Å². The monoisotopic (exact) mass is 440 g/mol. The molecular formula is C20H24N8O4. The number of nitrogens with one attached hydrogen (secondary N) is 1. The number of methoxy groups -OCH3 is 1. The zero-order valence-electron chi connectivity index (χ0n) is 17.7. The number of aromatic nitrogens is 5. The van der Waals surface area contributed by atoms with Gasteiger partial charge >= 0.3 is 6.09 Å². The standard InChI is InChI=1S/C20H24N8O4/c1-30-20(29)25-18-21-14-4-2-3-5-15(14)28(18)19-23-16(26-6-10-31-11-7-26)22-17(24-19)27-8-12-32-13-9-27/h2-5H,6-13H2,1H3,(H,21,25,29). The van der Waals surface area contributed by atoms with Crippen molar-refractivity contribution in [3.63, 3.8) is 0 Å². The number of benzene rings is 1. The summed E-state index contributed by atoms with van der Waals surface area (Å²) < 4.78 is 17.5. The zero-order chi connectivity index (χ0) is 21.9. The molecule has 0 radical (unpaired) electrons. The smallest absolute Gasteiger partial charge is 0.413 e. The summed E-state index contributed by atoms with van der Waals surface area (Å²) >= 11 is 0. The van der Waals surface area contributed by atoms with Gasteiger partial charge in [0.15, 0.2) is 0 Å². The van der Waals surface area contributed by atoms with Crippen LogP contribution in [-0.4, -0.2) is 90.3 Å². The summed E-state index contributed by atoms with van der Waals surface area (Å²) in [5.74, 6) is 1.75. The number of ether oxygens (including phenoxy) is 3. The molecule has 2 saturated heterocycles. The molecule has 2 aliphatic rings. The molecule has 0 unspecified atom stereocenters. The molecule has 1 aromatic carbocycles. The van der Waals surface area contributed by atoms with E-state index in [1.807, 2.05) is 24.3 Å². The van der Waals surface area contributed by atoms with Crippen LogP contribution in [0.25, 0.3) is 17.0 Å². The molecule has 1 N–H and O–H groups in total. The Balaban J connectivity index is 1.65. The minimum Gasteiger partial charge on any atom is -0.453 e. The number of morpholine rings is 2. The third kappa shape index (κ3) is 4.01. The van der Waals surface area contributed by atoms with Gasteiger partial charge in [-0.1, -0.05) is 12.1 Å². The lowest BCUT2D eigenvalue weighted by Gasteiger charge is -2.30. The third-order valence-corrected chi connectivity index (χ3v) is 5.35. The van der Waals surface area contributed by atoms with Gasteiger partial charge in [0.1, 0.15) is 0 Å². The van der Waals surface area contributed by atoms with Crippen molar-refractivity contribution in [1.29, 1.82) is 0 Å². The highest BCUT2D eigenvalue weighted by Crippen LogP contribution is 2.26. The van der Waals surface area contributed by atoms with Crippen LogP contribution in [0.2, 0.25) is 0 Å². The largest absolute Gasteiger partial charge is 0.453 e. The van der Waals surface area contributed by atoms with Gasteiger partial charge in [0.25, 0.3) is 0 Å². The molecular weight excluding hydrogens is 416 g/mol. The Morgan fingerprint density at radius 1 is 0.875 bits per heavy atom. The van der Waals surface area contributed by atoms with Crippen LogP contribution in [-0.2, 0) is 14.2 Å². The van der Waals surface area contributed by atoms with Gasteiger partial charge in [0, 0.05) is 26.2 Å². The van der Waals surface area contributed by atoms with Crippen molar-refractivity contribution >= 4 is 35.0 Å².